The van der Waals surface area contributed by atoms with Gasteiger partial charge in [0.05, 0.1) is 0 Å². The monoisotopic (exact) mass is 452 g/mol. The van der Waals surface area contributed by atoms with E-state index in [0.717, 1.165) is 27.7 Å². The molecule has 1 aliphatic rings. The first kappa shape index (κ1) is 19.8. The van der Waals surface area contributed by atoms with E-state index in [0.29, 0.717) is 12.0 Å². The lowest BCUT2D eigenvalue weighted by molar-refractivity contribution is 0.405. The van der Waals surface area contributed by atoms with Crippen molar-refractivity contribution in [3.63, 3.8) is 0 Å². The van der Waals surface area contributed by atoms with Crippen LogP contribution in [-0.2, 0) is 6.42 Å². The van der Waals surface area contributed by atoms with E-state index in [9.17, 15) is 9.50 Å². The van der Waals surface area contributed by atoms with Gasteiger partial charge in [-0.05, 0) is 41.8 Å². The number of nitrogens with zero attached hydrogens (tertiary/aromatic N) is 1. The SMILES string of the molecule is CCc1ccc(C2=N[C@H](c3ccccc3F)N[C@H](c3cc(Br)ccc3O)C2)cc1. The Morgan fingerprint density at radius 1 is 1.07 bits per heavy atom. The fourth-order valence-corrected chi connectivity index (χ4v) is 4.05. The number of aromatic hydroxyl groups is 1. The van der Waals surface area contributed by atoms with Crippen LogP contribution >= 0.6 is 15.9 Å². The fraction of sp³-hybridized carbons (Fsp3) is 0.208. The van der Waals surface area contributed by atoms with Crippen LogP contribution in [0.2, 0.25) is 0 Å². The Morgan fingerprint density at radius 2 is 1.83 bits per heavy atom. The summed E-state index contributed by atoms with van der Waals surface area (Å²) in [7, 11) is 0. The van der Waals surface area contributed by atoms with Gasteiger partial charge in [0, 0.05) is 33.8 Å². The standard InChI is InChI=1S/C24H22BrFN2O/c1-2-15-7-9-16(10-8-15)21-14-22(19-13-17(25)11-12-23(19)29)28-24(27-21)18-5-3-4-6-20(18)26/h3-13,22,24,28-29H,2,14H2,1H3/t22-,24-/m0/s1. The number of phenolic OH excluding ortho intramolecular Hbond substituents is 1. The van der Waals surface area contributed by atoms with Crippen LogP contribution in [0.15, 0.2) is 76.2 Å². The quantitative estimate of drug-likeness (QED) is 0.503. The highest BCUT2D eigenvalue weighted by Crippen LogP contribution is 2.36. The van der Waals surface area contributed by atoms with E-state index in [1.54, 1.807) is 24.3 Å². The zero-order valence-corrected chi connectivity index (χ0v) is 17.7. The molecule has 5 heteroatoms. The summed E-state index contributed by atoms with van der Waals surface area (Å²) in [4.78, 5) is 4.84. The van der Waals surface area contributed by atoms with Gasteiger partial charge in [-0.15, -0.1) is 0 Å². The molecular weight excluding hydrogens is 431 g/mol. The summed E-state index contributed by atoms with van der Waals surface area (Å²) in [5.74, 6) is -0.0888. The van der Waals surface area contributed by atoms with Crippen molar-refractivity contribution in [1.29, 1.82) is 0 Å². The molecule has 2 N–H and O–H groups in total. The van der Waals surface area contributed by atoms with Crippen LogP contribution in [0.5, 0.6) is 5.75 Å². The highest BCUT2D eigenvalue weighted by Gasteiger charge is 2.29. The van der Waals surface area contributed by atoms with Gasteiger partial charge in [-0.25, -0.2) is 4.39 Å². The second-order valence-electron chi connectivity index (χ2n) is 7.18. The maximum absolute atomic E-state index is 14.5. The third kappa shape index (κ3) is 4.26. The molecule has 0 radical (unpaired) electrons. The van der Waals surface area contributed by atoms with Crippen molar-refractivity contribution >= 4 is 21.6 Å². The molecule has 0 saturated heterocycles. The van der Waals surface area contributed by atoms with Crippen LogP contribution in [0.1, 0.15) is 47.8 Å². The van der Waals surface area contributed by atoms with E-state index in [1.165, 1.54) is 11.6 Å². The third-order valence-corrected chi connectivity index (χ3v) is 5.79. The Hall–Kier alpha value is -2.50. The molecule has 3 nitrogen and oxygen atoms in total. The van der Waals surface area contributed by atoms with E-state index in [2.05, 4.69) is 52.4 Å². The van der Waals surface area contributed by atoms with Gasteiger partial charge in [-0.3, -0.25) is 10.3 Å². The van der Waals surface area contributed by atoms with Crippen molar-refractivity contribution in [1.82, 2.24) is 5.32 Å². The van der Waals surface area contributed by atoms with Crippen molar-refractivity contribution in [2.24, 2.45) is 4.99 Å². The minimum Gasteiger partial charge on any atom is -0.508 e. The van der Waals surface area contributed by atoms with E-state index < -0.39 is 6.17 Å². The maximum atomic E-state index is 14.5. The number of hydrogen-bond donors (Lipinski definition) is 2. The normalized spacial score (nSPS) is 19.1. The van der Waals surface area contributed by atoms with Crippen molar-refractivity contribution in [2.75, 3.05) is 0 Å². The molecule has 1 heterocycles. The predicted molar refractivity (Wildman–Crippen MR) is 118 cm³/mol. The molecule has 148 valence electrons. The molecule has 0 aliphatic carbocycles. The molecule has 0 amide bonds. The molecule has 1 aliphatic heterocycles. The molecule has 2 atom stereocenters. The second-order valence-corrected chi connectivity index (χ2v) is 8.09. The molecule has 0 bridgehead atoms. The smallest absolute Gasteiger partial charge is 0.129 e. The summed E-state index contributed by atoms with van der Waals surface area (Å²) in [6, 6.07) is 20.2. The topological polar surface area (TPSA) is 44.6 Å². The van der Waals surface area contributed by atoms with E-state index in [4.69, 9.17) is 4.99 Å². The van der Waals surface area contributed by atoms with Crippen LogP contribution in [-0.4, -0.2) is 10.8 Å². The summed E-state index contributed by atoms with van der Waals surface area (Å²) in [6.07, 6.45) is 1.04. The van der Waals surface area contributed by atoms with Gasteiger partial charge < -0.3 is 5.11 Å². The third-order valence-electron chi connectivity index (χ3n) is 5.30. The van der Waals surface area contributed by atoms with Gasteiger partial charge in [0.15, 0.2) is 0 Å². The first-order chi connectivity index (χ1) is 14.0. The maximum Gasteiger partial charge on any atom is 0.129 e. The number of rotatable bonds is 4. The molecule has 3 aromatic carbocycles. The van der Waals surface area contributed by atoms with Crippen molar-refractivity contribution < 1.29 is 9.50 Å². The number of phenols is 1. The Morgan fingerprint density at radius 3 is 2.55 bits per heavy atom. The number of benzene rings is 3. The number of hydrogen-bond acceptors (Lipinski definition) is 3. The van der Waals surface area contributed by atoms with E-state index >= 15 is 0 Å². The second kappa shape index (κ2) is 8.47. The lowest BCUT2D eigenvalue weighted by atomic mass is 9.93. The van der Waals surface area contributed by atoms with E-state index in [-0.39, 0.29) is 17.6 Å². The van der Waals surface area contributed by atoms with Crippen molar-refractivity contribution in [3.8, 4) is 5.75 Å². The molecule has 0 spiro atoms. The summed E-state index contributed by atoms with van der Waals surface area (Å²) >= 11 is 3.48. The van der Waals surface area contributed by atoms with Gasteiger partial charge in [0.1, 0.15) is 17.7 Å². The minimum absolute atomic E-state index is 0.199. The Bertz CT molecular complexity index is 1050. The largest absolute Gasteiger partial charge is 0.508 e. The Balaban J connectivity index is 1.77. The Kier molecular flexibility index (Phi) is 5.79. The summed E-state index contributed by atoms with van der Waals surface area (Å²) in [5, 5.41) is 13.9. The molecule has 3 aromatic rings. The minimum atomic E-state index is -0.533. The van der Waals surface area contributed by atoms with Gasteiger partial charge in [0.25, 0.3) is 0 Å². The summed E-state index contributed by atoms with van der Waals surface area (Å²) in [6.45, 7) is 2.12. The summed E-state index contributed by atoms with van der Waals surface area (Å²) in [5.41, 5.74) is 4.43. The van der Waals surface area contributed by atoms with Gasteiger partial charge in [0.2, 0.25) is 0 Å². The lowest BCUT2D eigenvalue weighted by Gasteiger charge is -2.31. The number of aliphatic imine (C=N–C) groups is 1. The molecule has 0 fully saturated rings. The van der Waals surface area contributed by atoms with Gasteiger partial charge >= 0.3 is 0 Å². The van der Waals surface area contributed by atoms with Crippen molar-refractivity contribution in [3.05, 3.63) is 99.3 Å². The molecule has 0 aromatic heterocycles. The fourth-order valence-electron chi connectivity index (χ4n) is 3.67. The molecular formula is C24H22BrFN2O. The highest BCUT2D eigenvalue weighted by molar-refractivity contribution is 9.10. The molecule has 29 heavy (non-hydrogen) atoms. The molecule has 0 unspecified atom stereocenters. The van der Waals surface area contributed by atoms with Crippen molar-refractivity contribution in [2.45, 2.75) is 32.0 Å². The van der Waals surface area contributed by atoms with Crippen LogP contribution in [0.3, 0.4) is 0 Å². The molecule has 4 rings (SSSR count). The van der Waals surface area contributed by atoms with Crippen LogP contribution in [0.25, 0.3) is 0 Å². The first-order valence-electron chi connectivity index (χ1n) is 9.70. The average Bonchev–Trinajstić information content (AvgIpc) is 2.75. The van der Waals surface area contributed by atoms with Gasteiger partial charge in [-0.2, -0.15) is 0 Å². The van der Waals surface area contributed by atoms with E-state index in [1.807, 2.05) is 12.1 Å². The lowest BCUT2D eigenvalue weighted by Crippen LogP contribution is -2.33. The number of aryl methyl sites for hydroxylation is 1. The zero-order chi connectivity index (χ0) is 20.4. The van der Waals surface area contributed by atoms with Gasteiger partial charge in [-0.1, -0.05) is 65.3 Å². The predicted octanol–water partition coefficient (Wildman–Crippen LogP) is 6.08. The van der Waals surface area contributed by atoms with Crippen LogP contribution in [0.4, 0.5) is 4.39 Å². The van der Waals surface area contributed by atoms with Crippen LogP contribution < -0.4 is 5.32 Å². The summed E-state index contributed by atoms with van der Waals surface area (Å²) < 4.78 is 15.4. The highest BCUT2D eigenvalue weighted by atomic mass is 79.9. The number of nitrogens with one attached hydrogen (secondary N) is 1. The Labute approximate surface area is 178 Å². The molecule has 0 saturated carbocycles. The first-order valence-corrected chi connectivity index (χ1v) is 10.5. The average molecular weight is 453 g/mol. The zero-order valence-electron chi connectivity index (χ0n) is 16.1. The van der Waals surface area contributed by atoms with Crippen LogP contribution in [0, 0.1) is 5.82 Å². The number of halogens is 2.